The number of hydrogen-bond acceptors (Lipinski definition) is 2. The minimum Gasteiger partial charge on any atom is -0.481 e. The van der Waals surface area contributed by atoms with Crippen LogP contribution in [-0.2, 0) is 16.0 Å². The van der Waals surface area contributed by atoms with Crippen LogP contribution in [0.2, 0.25) is 5.02 Å². The summed E-state index contributed by atoms with van der Waals surface area (Å²) < 4.78 is 0. The molecule has 2 N–H and O–H groups in total. The first kappa shape index (κ1) is 14.5. The lowest BCUT2D eigenvalue weighted by Gasteiger charge is -2.16. The Hall–Kier alpha value is -1.55. The third-order valence-electron chi connectivity index (χ3n) is 2.88. The van der Waals surface area contributed by atoms with Gasteiger partial charge in [-0.05, 0) is 36.5 Å². The van der Waals surface area contributed by atoms with Crippen LogP contribution in [-0.4, -0.2) is 22.2 Å². The lowest BCUT2D eigenvalue weighted by atomic mass is 9.89. The molecule has 0 aliphatic rings. The molecule has 1 rings (SSSR count). The Morgan fingerprint density at radius 3 is 2.39 bits per heavy atom. The van der Waals surface area contributed by atoms with Crippen LogP contribution in [0.15, 0.2) is 24.3 Å². The van der Waals surface area contributed by atoms with Crippen molar-refractivity contribution < 1.29 is 19.8 Å². The topological polar surface area (TPSA) is 74.6 Å². The van der Waals surface area contributed by atoms with E-state index in [4.69, 9.17) is 21.8 Å². The van der Waals surface area contributed by atoms with Crippen molar-refractivity contribution in [1.29, 1.82) is 0 Å². The van der Waals surface area contributed by atoms with Gasteiger partial charge in [-0.2, -0.15) is 0 Å². The monoisotopic (exact) mass is 270 g/mol. The summed E-state index contributed by atoms with van der Waals surface area (Å²) in [7, 11) is 0. The van der Waals surface area contributed by atoms with Gasteiger partial charge in [0.2, 0.25) is 0 Å². The fourth-order valence-electron chi connectivity index (χ4n) is 1.85. The Kier molecular flexibility index (Phi) is 5.16. The van der Waals surface area contributed by atoms with E-state index in [0.717, 1.165) is 5.56 Å². The van der Waals surface area contributed by atoms with Gasteiger partial charge in [0.05, 0.1) is 0 Å². The predicted molar refractivity (Wildman–Crippen MR) is 67.7 cm³/mol. The first-order chi connectivity index (χ1) is 8.41. The molecule has 98 valence electrons. The molecular formula is C13H15ClO4. The lowest BCUT2D eigenvalue weighted by molar-refractivity contribution is -0.157. The molecule has 18 heavy (non-hydrogen) atoms. The Bertz CT molecular complexity index is 430. The summed E-state index contributed by atoms with van der Waals surface area (Å²) in [4.78, 5) is 21.7. The summed E-state index contributed by atoms with van der Waals surface area (Å²) in [5, 5.41) is 18.3. The molecule has 4 nitrogen and oxygen atoms in total. The SMILES string of the molecule is CC(CCc1cccc(Cl)c1)C(C(=O)O)C(=O)O. The normalized spacial score (nSPS) is 12.4. The van der Waals surface area contributed by atoms with Crippen LogP contribution in [0, 0.1) is 11.8 Å². The molecule has 1 aromatic rings. The van der Waals surface area contributed by atoms with Crippen molar-refractivity contribution in [1.82, 2.24) is 0 Å². The van der Waals surface area contributed by atoms with E-state index < -0.39 is 23.8 Å². The van der Waals surface area contributed by atoms with E-state index >= 15 is 0 Å². The zero-order chi connectivity index (χ0) is 13.7. The third-order valence-corrected chi connectivity index (χ3v) is 3.11. The average Bonchev–Trinajstić information content (AvgIpc) is 2.25. The zero-order valence-electron chi connectivity index (χ0n) is 9.97. The Morgan fingerprint density at radius 1 is 1.28 bits per heavy atom. The molecule has 0 heterocycles. The summed E-state index contributed by atoms with van der Waals surface area (Å²) in [5.41, 5.74) is 0.976. The maximum atomic E-state index is 10.8. The maximum Gasteiger partial charge on any atom is 0.318 e. The van der Waals surface area contributed by atoms with Gasteiger partial charge >= 0.3 is 11.9 Å². The summed E-state index contributed by atoms with van der Waals surface area (Å²) >= 11 is 5.84. The van der Waals surface area contributed by atoms with Crippen LogP contribution in [0.3, 0.4) is 0 Å². The molecule has 0 fully saturated rings. The van der Waals surface area contributed by atoms with Crippen molar-refractivity contribution in [3.63, 3.8) is 0 Å². The van der Waals surface area contributed by atoms with Crippen LogP contribution >= 0.6 is 11.6 Å². The van der Waals surface area contributed by atoms with Crippen molar-refractivity contribution >= 4 is 23.5 Å². The highest BCUT2D eigenvalue weighted by Gasteiger charge is 2.31. The molecule has 0 aromatic heterocycles. The van der Waals surface area contributed by atoms with Crippen molar-refractivity contribution in [2.45, 2.75) is 19.8 Å². The Morgan fingerprint density at radius 2 is 1.89 bits per heavy atom. The summed E-state index contributed by atoms with van der Waals surface area (Å²) in [6.45, 7) is 1.64. The molecule has 1 atom stereocenters. The number of hydrogen-bond donors (Lipinski definition) is 2. The molecule has 0 aliphatic heterocycles. The second-order valence-electron chi connectivity index (χ2n) is 4.30. The first-order valence-electron chi connectivity index (χ1n) is 5.62. The van der Waals surface area contributed by atoms with Gasteiger partial charge in [0.25, 0.3) is 0 Å². The largest absolute Gasteiger partial charge is 0.481 e. The minimum atomic E-state index is -1.36. The smallest absolute Gasteiger partial charge is 0.318 e. The van der Waals surface area contributed by atoms with E-state index in [1.54, 1.807) is 19.1 Å². The van der Waals surface area contributed by atoms with E-state index in [0.29, 0.717) is 17.9 Å². The average molecular weight is 271 g/mol. The molecule has 0 saturated carbocycles. The second-order valence-corrected chi connectivity index (χ2v) is 4.74. The van der Waals surface area contributed by atoms with Crippen LogP contribution in [0.5, 0.6) is 0 Å². The Balaban J connectivity index is 2.62. The van der Waals surface area contributed by atoms with Crippen molar-refractivity contribution in [3.05, 3.63) is 34.9 Å². The number of aliphatic carboxylic acids is 2. The molecule has 0 amide bonds. The van der Waals surface area contributed by atoms with E-state index in [2.05, 4.69) is 0 Å². The molecule has 1 unspecified atom stereocenters. The number of aryl methyl sites for hydroxylation is 1. The summed E-state index contributed by atoms with van der Waals surface area (Å²) in [6, 6.07) is 7.25. The molecule has 5 heteroatoms. The van der Waals surface area contributed by atoms with E-state index in [1.165, 1.54) is 0 Å². The highest BCUT2D eigenvalue weighted by atomic mass is 35.5. The quantitative estimate of drug-likeness (QED) is 0.780. The number of rotatable bonds is 6. The molecule has 0 bridgehead atoms. The first-order valence-corrected chi connectivity index (χ1v) is 5.99. The van der Waals surface area contributed by atoms with E-state index in [1.807, 2.05) is 12.1 Å². The van der Waals surface area contributed by atoms with Gasteiger partial charge in [-0.3, -0.25) is 9.59 Å². The molecular weight excluding hydrogens is 256 g/mol. The number of halogens is 1. The fourth-order valence-corrected chi connectivity index (χ4v) is 2.06. The van der Waals surface area contributed by atoms with Gasteiger partial charge in [0.1, 0.15) is 0 Å². The van der Waals surface area contributed by atoms with Gasteiger partial charge in [0.15, 0.2) is 5.92 Å². The fraction of sp³-hybridized carbons (Fsp3) is 0.385. The summed E-state index contributed by atoms with van der Waals surface area (Å²) in [6.07, 6.45) is 1.10. The van der Waals surface area contributed by atoms with Gasteiger partial charge < -0.3 is 10.2 Å². The molecule has 0 aliphatic carbocycles. The van der Waals surface area contributed by atoms with Crippen LogP contribution in [0.4, 0.5) is 0 Å². The molecule has 0 radical (unpaired) electrons. The van der Waals surface area contributed by atoms with Crippen molar-refractivity contribution in [2.24, 2.45) is 11.8 Å². The molecule has 0 saturated heterocycles. The Labute approximate surface area is 110 Å². The van der Waals surface area contributed by atoms with Gasteiger partial charge in [-0.1, -0.05) is 30.7 Å². The predicted octanol–water partition coefficient (Wildman–Crippen LogP) is 2.69. The van der Waals surface area contributed by atoms with Gasteiger partial charge in [-0.25, -0.2) is 0 Å². The molecule has 1 aromatic carbocycles. The summed E-state index contributed by atoms with van der Waals surface area (Å²) in [5.74, 6) is -4.37. The van der Waals surface area contributed by atoms with E-state index in [-0.39, 0.29) is 0 Å². The lowest BCUT2D eigenvalue weighted by Crippen LogP contribution is -2.30. The van der Waals surface area contributed by atoms with Crippen LogP contribution < -0.4 is 0 Å². The third kappa shape index (κ3) is 4.04. The van der Waals surface area contributed by atoms with E-state index in [9.17, 15) is 9.59 Å². The minimum absolute atomic E-state index is 0.431. The van der Waals surface area contributed by atoms with Crippen LogP contribution in [0.25, 0.3) is 0 Å². The van der Waals surface area contributed by atoms with Crippen LogP contribution in [0.1, 0.15) is 18.9 Å². The van der Waals surface area contributed by atoms with Gasteiger partial charge in [-0.15, -0.1) is 0 Å². The van der Waals surface area contributed by atoms with Crippen molar-refractivity contribution in [2.75, 3.05) is 0 Å². The number of carboxylic acid groups (broad SMARTS) is 2. The number of carbonyl (C=O) groups is 2. The number of carboxylic acids is 2. The standard InChI is InChI=1S/C13H15ClO4/c1-8(11(12(15)16)13(17)18)5-6-9-3-2-4-10(14)7-9/h2-4,7-8,11H,5-6H2,1H3,(H,15,16)(H,17,18). The number of benzene rings is 1. The maximum absolute atomic E-state index is 10.8. The zero-order valence-corrected chi connectivity index (χ0v) is 10.7. The van der Waals surface area contributed by atoms with Crippen molar-refractivity contribution in [3.8, 4) is 0 Å². The second kappa shape index (κ2) is 6.40. The highest BCUT2D eigenvalue weighted by Crippen LogP contribution is 2.20. The van der Waals surface area contributed by atoms with Gasteiger partial charge in [0, 0.05) is 5.02 Å². The molecule has 0 spiro atoms. The highest BCUT2D eigenvalue weighted by molar-refractivity contribution is 6.30.